The first kappa shape index (κ1) is 26.4. The minimum absolute atomic E-state index is 0.00878. The second kappa shape index (κ2) is 9.98. The summed E-state index contributed by atoms with van der Waals surface area (Å²) in [5.41, 5.74) is 1.04. The standard InChI is InChI=1S/C28H31F3N2O2S/c1-15-10-20-11-19(23-13-32-17(3)36-23)6-8-21(20)27(33(15)14-28(4,5)31)25-22(29)12-18(7-9-24(34)35)16(2)26(25)30/h6-9,11-13,15-16,18,27H,10,14H2,1-5H3,(H,34,35)/b9-7+. The molecule has 1 N–H and O–H groups in total. The number of hydrogen-bond donors (Lipinski definition) is 1. The van der Waals surface area contributed by atoms with Gasteiger partial charge in [-0.25, -0.2) is 22.9 Å². The van der Waals surface area contributed by atoms with Gasteiger partial charge in [-0.1, -0.05) is 25.1 Å². The summed E-state index contributed by atoms with van der Waals surface area (Å²) in [6.45, 7) is 8.45. The summed E-state index contributed by atoms with van der Waals surface area (Å²) in [5.74, 6) is -4.03. The molecular formula is C28H31F3N2O2S. The van der Waals surface area contributed by atoms with Crippen molar-refractivity contribution in [1.82, 2.24) is 9.88 Å². The van der Waals surface area contributed by atoms with Gasteiger partial charge in [0, 0.05) is 42.3 Å². The van der Waals surface area contributed by atoms with E-state index >= 15 is 8.78 Å². The number of benzene rings is 1. The van der Waals surface area contributed by atoms with E-state index in [4.69, 9.17) is 5.11 Å². The van der Waals surface area contributed by atoms with E-state index in [0.717, 1.165) is 32.7 Å². The monoisotopic (exact) mass is 516 g/mol. The fraction of sp³-hybridized carbons (Fsp3) is 0.429. The predicted octanol–water partition coefficient (Wildman–Crippen LogP) is 7.14. The van der Waals surface area contributed by atoms with Crippen molar-refractivity contribution in [2.24, 2.45) is 11.8 Å². The van der Waals surface area contributed by atoms with E-state index in [1.807, 2.05) is 37.1 Å². The van der Waals surface area contributed by atoms with Crippen molar-refractivity contribution in [3.05, 3.63) is 76.0 Å². The minimum Gasteiger partial charge on any atom is -0.478 e. The number of alkyl halides is 1. The minimum atomic E-state index is -1.58. The number of aromatic nitrogens is 1. The maximum Gasteiger partial charge on any atom is 0.327 e. The molecule has 2 aromatic rings. The van der Waals surface area contributed by atoms with Crippen molar-refractivity contribution < 1.29 is 23.1 Å². The van der Waals surface area contributed by atoms with Crippen LogP contribution in [0.5, 0.6) is 0 Å². The van der Waals surface area contributed by atoms with E-state index in [-0.39, 0.29) is 18.2 Å². The summed E-state index contributed by atoms with van der Waals surface area (Å²) in [4.78, 5) is 18.2. The molecule has 1 aromatic heterocycles. The number of nitrogens with zero attached hydrogens (tertiary/aromatic N) is 2. The Hall–Kier alpha value is -2.71. The molecule has 1 aliphatic heterocycles. The van der Waals surface area contributed by atoms with E-state index in [9.17, 15) is 9.18 Å². The number of carbonyl (C=O) groups is 1. The van der Waals surface area contributed by atoms with Crippen molar-refractivity contribution in [1.29, 1.82) is 0 Å². The number of carboxylic acid groups (broad SMARTS) is 1. The van der Waals surface area contributed by atoms with Crippen LogP contribution in [0.3, 0.4) is 0 Å². The Bertz CT molecular complexity index is 1260. The zero-order chi connectivity index (χ0) is 26.4. The SMILES string of the molecule is Cc1ncc(-c2ccc3c(c2)CC(C)N(CC(C)(C)F)C3C2=C(F)C(C)C(/C=C/C(=O)O)C=C2F)s1. The molecule has 0 spiro atoms. The highest BCUT2D eigenvalue weighted by molar-refractivity contribution is 7.15. The Morgan fingerprint density at radius 3 is 2.64 bits per heavy atom. The first-order valence-corrected chi connectivity index (χ1v) is 12.9. The van der Waals surface area contributed by atoms with E-state index < -0.39 is 41.2 Å². The summed E-state index contributed by atoms with van der Waals surface area (Å²) in [6, 6.07) is 4.90. The zero-order valence-electron chi connectivity index (χ0n) is 21.1. The number of hydrogen-bond acceptors (Lipinski definition) is 4. The molecule has 0 saturated heterocycles. The fourth-order valence-corrected chi connectivity index (χ4v) is 5.95. The average Bonchev–Trinajstić information content (AvgIpc) is 3.22. The highest BCUT2D eigenvalue weighted by atomic mass is 32.1. The first-order valence-electron chi connectivity index (χ1n) is 12.0. The van der Waals surface area contributed by atoms with Gasteiger partial charge in [0.15, 0.2) is 0 Å². The van der Waals surface area contributed by atoms with Crippen LogP contribution < -0.4 is 0 Å². The van der Waals surface area contributed by atoms with Crippen LogP contribution in [-0.4, -0.2) is 39.2 Å². The van der Waals surface area contributed by atoms with Crippen molar-refractivity contribution >= 4 is 17.3 Å². The third-order valence-electron chi connectivity index (χ3n) is 6.88. The van der Waals surface area contributed by atoms with Crippen molar-refractivity contribution in [2.45, 2.75) is 58.8 Å². The predicted molar refractivity (Wildman–Crippen MR) is 137 cm³/mol. The van der Waals surface area contributed by atoms with Crippen LogP contribution >= 0.6 is 11.3 Å². The van der Waals surface area contributed by atoms with Crippen LogP contribution in [0, 0.1) is 18.8 Å². The van der Waals surface area contributed by atoms with E-state index in [0.29, 0.717) is 6.42 Å². The topological polar surface area (TPSA) is 53.4 Å². The second-order valence-electron chi connectivity index (χ2n) is 10.3. The zero-order valence-corrected chi connectivity index (χ0v) is 21.9. The largest absolute Gasteiger partial charge is 0.478 e. The molecule has 192 valence electrons. The number of carboxylic acids is 1. The molecule has 36 heavy (non-hydrogen) atoms. The van der Waals surface area contributed by atoms with Crippen LogP contribution in [0.1, 0.15) is 49.9 Å². The molecule has 4 rings (SSSR count). The Kier molecular flexibility index (Phi) is 7.30. The fourth-order valence-electron chi connectivity index (χ4n) is 5.18. The van der Waals surface area contributed by atoms with Crippen LogP contribution in [0.2, 0.25) is 0 Å². The third kappa shape index (κ3) is 5.34. The molecule has 1 aromatic carbocycles. The Morgan fingerprint density at radius 2 is 2.03 bits per heavy atom. The normalized spacial score (nSPS) is 25.3. The molecule has 0 amide bonds. The van der Waals surface area contributed by atoms with Crippen molar-refractivity contribution in [3.8, 4) is 10.4 Å². The summed E-state index contributed by atoms with van der Waals surface area (Å²) >= 11 is 1.58. The maximum absolute atomic E-state index is 15.9. The molecule has 4 atom stereocenters. The summed E-state index contributed by atoms with van der Waals surface area (Å²) in [5, 5.41) is 9.90. The van der Waals surface area contributed by atoms with Crippen molar-refractivity contribution in [3.63, 3.8) is 0 Å². The van der Waals surface area contributed by atoms with Gasteiger partial charge in [-0.15, -0.1) is 11.3 Å². The number of aryl methyl sites for hydroxylation is 1. The molecule has 1 aliphatic carbocycles. The Labute approximate surface area is 213 Å². The van der Waals surface area contributed by atoms with Crippen LogP contribution in [0.25, 0.3) is 10.4 Å². The van der Waals surface area contributed by atoms with E-state index in [2.05, 4.69) is 11.1 Å². The summed E-state index contributed by atoms with van der Waals surface area (Å²) in [6.07, 6.45) is 5.91. The van der Waals surface area contributed by atoms with E-state index in [1.54, 1.807) is 18.3 Å². The van der Waals surface area contributed by atoms with Gasteiger partial charge in [0.2, 0.25) is 0 Å². The Balaban J connectivity index is 1.83. The number of halogens is 3. The molecule has 4 nitrogen and oxygen atoms in total. The van der Waals surface area contributed by atoms with E-state index in [1.165, 1.54) is 26.0 Å². The molecule has 0 radical (unpaired) electrons. The first-order chi connectivity index (χ1) is 16.9. The second-order valence-corrected chi connectivity index (χ2v) is 11.6. The molecule has 0 saturated carbocycles. The molecule has 0 fully saturated rings. The lowest BCUT2D eigenvalue weighted by Gasteiger charge is -2.45. The quantitative estimate of drug-likeness (QED) is 0.415. The molecule has 0 bridgehead atoms. The highest BCUT2D eigenvalue weighted by Gasteiger charge is 2.42. The lowest BCUT2D eigenvalue weighted by Crippen LogP contribution is -2.48. The van der Waals surface area contributed by atoms with Crippen molar-refractivity contribution in [2.75, 3.05) is 6.54 Å². The van der Waals surface area contributed by atoms with Gasteiger partial charge in [-0.3, -0.25) is 4.90 Å². The van der Waals surface area contributed by atoms with Gasteiger partial charge in [0.25, 0.3) is 0 Å². The average molecular weight is 517 g/mol. The number of rotatable bonds is 6. The van der Waals surface area contributed by atoms with Crippen LogP contribution in [-0.2, 0) is 11.2 Å². The summed E-state index contributed by atoms with van der Waals surface area (Å²) in [7, 11) is 0. The molecule has 8 heteroatoms. The van der Waals surface area contributed by atoms with Gasteiger partial charge < -0.3 is 5.11 Å². The third-order valence-corrected chi connectivity index (χ3v) is 7.84. The molecular weight excluding hydrogens is 485 g/mol. The summed E-state index contributed by atoms with van der Waals surface area (Å²) < 4.78 is 46.5. The number of allylic oxidation sites excluding steroid dienone is 3. The number of fused-ring (bicyclic) bond motifs is 1. The van der Waals surface area contributed by atoms with Gasteiger partial charge in [0.1, 0.15) is 17.3 Å². The van der Waals surface area contributed by atoms with Gasteiger partial charge in [-0.05, 0) is 62.9 Å². The maximum atomic E-state index is 15.9. The Morgan fingerprint density at radius 1 is 1.31 bits per heavy atom. The van der Waals surface area contributed by atoms with Gasteiger partial charge >= 0.3 is 5.97 Å². The lowest BCUT2D eigenvalue weighted by molar-refractivity contribution is -0.131. The van der Waals surface area contributed by atoms with Crippen LogP contribution in [0.15, 0.2) is 59.9 Å². The van der Waals surface area contributed by atoms with Gasteiger partial charge in [-0.2, -0.15) is 0 Å². The number of aliphatic carboxylic acids is 1. The molecule has 4 unspecified atom stereocenters. The molecule has 2 heterocycles. The highest BCUT2D eigenvalue weighted by Crippen LogP contribution is 2.48. The van der Waals surface area contributed by atoms with Gasteiger partial charge in [0.05, 0.1) is 15.9 Å². The smallest absolute Gasteiger partial charge is 0.327 e. The van der Waals surface area contributed by atoms with Crippen LogP contribution in [0.4, 0.5) is 13.2 Å². The molecule has 2 aliphatic rings. The number of thiazole rings is 1. The lowest BCUT2D eigenvalue weighted by atomic mass is 9.77.